The molecule has 0 fully saturated rings. The Bertz CT molecular complexity index is 560. The number of carbonyl (C=O) groups is 1. The minimum Gasteiger partial charge on any atom is -0.455 e. The Kier molecular flexibility index (Phi) is 3.48. The van der Waals surface area contributed by atoms with E-state index in [1.54, 1.807) is 24.1 Å². The molecular formula is C14H16N2O2. The first-order valence-electron chi connectivity index (χ1n) is 5.75. The lowest BCUT2D eigenvalue weighted by Gasteiger charge is -2.16. The van der Waals surface area contributed by atoms with Gasteiger partial charge >= 0.3 is 0 Å². The molecule has 4 heteroatoms. The number of anilines is 1. The molecule has 2 rings (SSSR count). The lowest BCUT2D eigenvalue weighted by Crippen LogP contribution is -2.25. The maximum absolute atomic E-state index is 12.2. The van der Waals surface area contributed by atoms with Gasteiger partial charge < -0.3 is 15.1 Å². The van der Waals surface area contributed by atoms with E-state index >= 15 is 0 Å². The zero-order valence-electron chi connectivity index (χ0n) is 10.5. The van der Waals surface area contributed by atoms with Gasteiger partial charge in [-0.15, -0.1) is 0 Å². The van der Waals surface area contributed by atoms with Crippen molar-refractivity contribution < 1.29 is 9.21 Å². The third-order valence-electron chi connectivity index (χ3n) is 2.77. The number of nitrogens with two attached hydrogens (primary N) is 1. The van der Waals surface area contributed by atoms with Gasteiger partial charge in [0.25, 0.3) is 5.91 Å². The van der Waals surface area contributed by atoms with E-state index in [0.717, 1.165) is 11.3 Å². The number of furan rings is 1. The molecule has 0 atom stereocenters. The van der Waals surface area contributed by atoms with E-state index in [0.29, 0.717) is 18.1 Å². The third-order valence-corrected chi connectivity index (χ3v) is 2.77. The summed E-state index contributed by atoms with van der Waals surface area (Å²) in [5.41, 5.74) is 7.40. The Hall–Kier alpha value is -2.07. The van der Waals surface area contributed by atoms with Gasteiger partial charge in [-0.25, -0.2) is 0 Å². The van der Waals surface area contributed by atoms with E-state index in [-0.39, 0.29) is 5.91 Å². The highest BCUT2D eigenvalue weighted by molar-refractivity contribution is 6.03. The van der Waals surface area contributed by atoms with Crippen molar-refractivity contribution in [2.45, 2.75) is 13.5 Å². The summed E-state index contributed by atoms with van der Waals surface area (Å²) in [6.45, 7) is 2.28. The van der Waals surface area contributed by atoms with Crippen LogP contribution in [-0.4, -0.2) is 13.0 Å². The second kappa shape index (κ2) is 5.06. The number of hydrogen-bond acceptors (Lipinski definition) is 3. The number of hydrogen-bond donors (Lipinski definition) is 1. The van der Waals surface area contributed by atoms with Crippen LogP contribution < -0.4 is 10.6 Å². The summed E-state index contributed by atoms with van der Waals surface area (Å²) in [6.07, 6.45) is 0. The van der Waals surface area contributed by atoms with Crippen LogP contribution in [0.3, 0.4) is 0 Å². The molecule has 1 amide bonds. The minimum absolute atomic E-state index is 0.180. The topological polar surface area (TPSA) is 59.5 Å². The van der Waals surface area contributed by atoms with Gasteiger partial charge in [0.15, 0.2) is 5.76 Å². The van der Waals surface area contributed by atoms with Gasteiger partial charge in [-0.1, -0.05) is 12.1 Å². The molecule has 0 bridgehead atoms. The second-order valence-corrected chi connectivity index (χ2v) is 4.17. The monoisotopic (exact) mass is 244 g/mol. The Labute approximate surface area is 106 Å². The highest BCUT2D eigenvalue weighted by atomic mass is 16.4. The van der Waals surface area contributed by atoms with Gasteiger partial charge in [-0.3, -0.25) is 4.79 Å². The number of nitrogens with zero attached hydrogens (tertiary/aromatic N) is 1. The van der Waals surface area contributed by atoms with Crippen LogP contribution in [0.4, 0.5) is 5.69 Å². The molecule has 1 heterocycles. The zero-order valence-corrected chi connectivity index (χ0v) is 10.5. The normalized spacial score (nSPS) is 10.4. The average Bonchev–Trinajstić information content (AvgIpc) is 2.85. The molecule has 0 unspecified atom stereocenters. The van der Waals surface area contributed by atoms with Gasteiger partial charge in [-0.2, -0.15) is 0 Å². The van der Waals surface area contributed by atoms with Crippen molar-refractivity contribution in [3.05, 3.63) is 53.5 Å². The van der Waals surface area contributed by atoms with E-state index in [9.17, 15) is 4.79 Å². The van der Waals surface area contributed by atoms with Crippen LogP contribution in [0, 0.1) is 6.92 Å². The molecule has 0 aliphatic rings. The summed E-state index contributed by atoms with van der Waals surface area (Å²) in [5, 5.41) is 0. The summed E-state index contributed by atoms with van der Waals surface area (Å²) in [5.74, 6) is 0.732. The largest absolute Gasteiger partial charge is 0.455 e. The predicted molar refractivity (Wildman–Crippen MR) is 70.5 cm³/mol. The standard InChI is InChI=1S/C14H16N2O2/c1-10-4-3-5-11(8-10)16(2)14(17)13-7-6-12(9-15)18-13/h3-8H,9,15H2,1-2H3. The molecule has 2 N–H and O–H groups in total. The fourth-order valence-corrected chi connectivity index (χ4v) is 1.72. The summed E-state index contributed by atoms with van der Waals surface area (Å²) in [7, 11) is 1.72. The SMILES string of the molecule is Cc1cccc(N(C)C(=O)c2ccc(CN)o2)c1. The molecule has 0 aliphatic heterocycles. The molecule has 2 aromatic rings. The Morgan fingerprint density at radius 1 is 1.33 bits per heavy atom. The molecule has 1 aromatic carbocycles. The number of amides is 1. The Morgan fingerprint density at radius 3 is 2.72 bits per heavy atom. The van der Waals surface area contributed by atoms with Gasteiger partial charge in [0.05, 0.1) is 6.54 Å². The van der Waals surface area contributed by atoms with Crippen molar-refractivity contribution in [1.29, 1.82) is 0 Å². The number of rotatable bonds is 3. The van der Waals surface area contributed by atoms with Crippen molar-refractivity contribution in [2.24, 2.45) is 5.73 Å². The van der Waals surface area contributed by atoms with Gasteiger partial charge in [0.1, 0.15) is 5.76 Å². The number of aryl methyl sites for hydroxylation is 1. The molecule has 94 valence electrons. The van der Waals surface area contributed by atoms with E-state index in [1.165, 1.54) is 0 Å². The summed E-state index contributed by atoms with van der Waals surface area (Å²) >= 11 is 0. The quantitative estimate of drug-likeness (QED) is 0.901. The second-order valence-electron chi connectivity index (χ2n) is 4.17. The lowest BCUT2D eigenvalue weighted by atomic mass is 10.2. The van der Waals surface area contributed by atoms with Crippen molar-refractivity contribution in [1.82, 2.24) is 0 Å². The van der Waals surface area contributed by atoms with Crippen molar-refractivity contribution in [2.75, 3.05) is 11.9 Å². The molecule has 0 spiro atoms. The summed E-state index contributed by atoms with van der Waals surface area (Å²) in [6, 6.07) is 11.1. The molecular weight excluding hydrogens is 228 g/mol. The molecule has 0 radical (unpaired) electrons. The van der Waals surface area contributed by atoms with Crippen molar-refractivity contribution in [3.63, 3.8) is 0 Å². The average molecular weight is 244 g/mol. The maximum Gasteiger partial charge on any atom is 0.293 e. The van der Waals surface area contributed by atoms with E-state index in [2.05, 4.69) is 0 Å². The van der Waals surface area contributed by atoms with Gasteiger partial charge in [0.2, 0.25) is 0 Å². The van der Waals surface area contributed by atoms with Crippen LogP contribution in [0.5, 0.6) is 0 Å². The summed E-state index contributed by atoms with van der Waals surface area (Å²) in [4.78, 5) is 13.7. The predicted octanol–water partition coefficient (Wildman–Crippen LogP) is 2.32. The van der Waals surface area contributed by atoms with Crippen LogP contribution in [0.15, 0.2) is 40.8 Å². The van der Waals surface area contributed by atoms with Crippen LogP contribution in [0.25, 0.3) is 0 Å². The molecule has 0 saturated carbocycles. The van der Waals surface area contributed by atoms with E-state index in [4.69, 9.17) is 10.2 Å². The highest BCUT2D eigenvalue weighted by Crippen LogP contribution is 2.18. The number of benzene rings is 1. The van der Waals surface area contributed by atoms with Crippen LogP contribution in [0.1, 0.15) is 21.9 Å². The Balaban J connectivity index is 2.23. The first-order valence-corrected chi connectivity index (χ1v) is 5.75. The zero-order chi connectivity index (χ0) is 13.1. The van der Waals surface area contributed by atoms with E-state index in [1.807, 2.05) is 31.2 Å². The molecule has 0 saturated heterocycles. The highest BCUT2D eigenvalue weighted by Gasteiger charge is 2.17. The van der Waals surface area contributed by atoms with Crippen LogP contribution in [0.2, 0.25) is 0 Å². The molecule has 0 aliphatic carbocycles. The van der Waals surface area contributed by atoms with E-state index < -0.39 is 0 Å². The maximum atomic E-state index is 12.2. The van der Waals surface area contributed by atoms with Crippen molar-refractivity contribution >= 4 is 11.6 Å². The number of carbonyl (C=O) groups excluding carboxylic acids is 1. The fraction of sp³-hybridized carbons (Fsp3) is 0.214. The summed E-state index contributed by atoms with van der Waals surface area (Å²) < 4.78 is 5.35. The van der Waals surface area contributed by atoms with Crippen LogP contribution in [-0.2, 0) is 6.54 Å². The van der Waals surface area contributed by atoms with Gasteiger partial charge in [0, 0.05) is 12.7 Å². The third kappa shape index (κ3) is 2.43. The molecule has 4 nitrogen and oxygen atoms in total. The Morgan fingerprint density at radius 2 is 2.11 bits per heavy atom. The fourth-order valence-electron chi connectivity index (χ4n) is 1.72. The van der Waals surface area contributed by atoms with Crippen molar-refractivity contribution in [3.8, 4) is 0 Å². The molecule has 1 aromatic heterocycles. The smallest absolute Gasteiger partial charge is 0.293 e. The minimum atomic E-state index is -0.180. The van der Waals surface area contributed by atoms with Gasteiger partial charge in [-0.05, 0) is 36.8 Å². The molecule has 18 heavy (non-hydrogen) atoms. The van der Waals surface area contributed by atoms with Crippen LogP contribution >= 0.6 is 0 Å². The first-order chi connectivity index (χ1) is 8.61. The first kappa shape index (κ1) is 12.4. The lowest BCUT2D eigenvalue weighted by molar-refractivity contribution is 0.0965.